The van der Waals surface area contributed by atoms with Crippen molar-refractivity contribution in [3.05, 3.63) is 38.9 Å². The number of hydrogen-bond acceptors (Lipinski definition) is 3. The van der Waals surface area contributed by atoms with Crippen molar-refractivity contribution in [3.8, 4) is 0 Å². The van der Waals surface area contributed by atoms with Crippen LogP contribution in [0.25, 0.3) is 0 Å². The zero-order valence-corrected chi connectivity index (χ0v) is 12.3. The van der Waals surface area contributed by atoms with Crippen LogP contribution < -0.4 is 0 Å². The van der Waals surface area contributed by atoms with Crippen LogP contribution in [0.3, 0.4) is 0 Å². The molecule has 0 bridgehead atoms. The van der Waals surface area contributed by atoms with Crippen LogP contribution in [0.4, 0.5) is 5.69 Å². The van der Waals surface area contributed by atoms with Crippen molar-refractivity contribution in [2.24, 2.45) is 0 Å². The molecule has 0 radical (unpaired) electrons. The smallest absolute Gasteiger partial charge is 0.300 e. The van der Waals surface area contributed by atoms with Gasteiger partial charge in [-0.2, -0.15) is 0 Å². The lowest BCUT2D eigenvalue weighted by Crippen LogP contribution is -2.47. The van der Waals surface area contributed by atoms with E-state index in [0.717, 1.165) is 19.3 Å². The molecule has 1 heterocycles. The lowest BCUT2D eigenvalue weighted by Gasteiger charge is -2.39. The summed E-state index contributed by atoms with van der Waals surface area (Å²) >= 11 is 5.87. The summed E-state index contributed by atoms with van der Waals surface area (Å²) in [5, 5.41) is 11.1. The van der Waals surface area contributed by atoms with Gasteiger partial charge in [0.25, 0.3) is 5.91 Å². The lowest BCUT2D eigenvalue weighted by molar-refractivity contribution is -0.385. The van der Waals surface area contributed by atoms with Gasteiger partial charge in [-0.25, -0.2) is 0 Å². The summed E-state index contributed by atoms with van der Waals surface area (Å²) in [5.74, 6) is -0.307. The third-order valence-electron chi connectivity index (χ3n) is 3.83. The van der Waals surface area contributed by atoms with E-state index in [0.29, 0.717) is 0 Å². The van der Waals surface area contributed by atoms with E-state index >= 15 is 0 Å². The fraction of sp³-hybridized carbons (Fsp3) is 0.500. The molecule has 1 aromatic rings. The third-order valence-corrected chi connectivity index (χ3v) is 4.13. The quantitative estimate of drug-likeness (QED) is 0.618. The molecule has 1 fully saturated rings. The highest BCUT2D eigenvalue weighted by molar-refractivity contribution is 6.33. The molecule has 2 atom stereocenters. The molecule has 0 aromatic heterocycles. The van der Waals surface area contributed by atoms with E-state index < -0.39 is 4.92 Å². The summed E-state index contributed by atoms with van der Waals surface area (Å²) in [4.78, 5) is 25.0. The molecule has 1 aliphatic heterocycles. The summed E-state index contributed by atoms with van der Waals surface area (Å²) < 4.78 is 0. The fourth-order valence-corrected chi connectivity index (χ4v) is 3.08. The fourth-order valence-electron chi connectivity index (χ4n) is 2.83. The van der Waals surface area contributed by atoms with E-state index in [1.165, 1.54) is 12.1 Å². The van der Waals surface area contributed by atoms with E-state index in [9.17, 15) is 14.9 Å². The van der Waals surface area contributed by atoms with Crippen LogP contribution in [0, 0.1) is 10.1 Å². The molecule has 1 aliphatic rings. The summed E-state index contributed by atoms with van der Waals surface area (Å²) in [6.07, 6.45) is 2.92. The lowest BCUT2D eigenvalue weighted by atomic mass is 9.96. The first-order chi connectivity index (χ1) is 9.43. The first-order valence-electron chi connectivity index (χ1n) is 6.69. The van der Waals surface area contributed by atoms with Crippen molar-refractivity contribution < 1.29 is 9.72 Å². The first kappa shape index (κ1) is 14.8. The van der Waals surface area contributed by atoms with Gasteiger partial charge in [0, 0.05) is 12.1 Å². The standard InChI is InChI=1S/C14H17ClN2O3/c1-9-5-3-6-10(2)16(9)14(18)11-7-4-8-12(15)13(11)17(19)20/h4,7-10H,3,5-6H2,1-2H3/t9-,10+. The third kappa shape index (κ3) is 2.63. The highest BCUT2D eigenvalue weighted by Gasteiger charge is 2.33. The zero-order chi connectivity index (χ0) is 14.9. The van der Waals surface area contributed by atoms with Gasteiger partial charge in [-0.1, -0.05) is 17.7 Å². The molecule has 0 spiro atoms. The molecule has 20 heavy (non-hydrogen) atoms. The van der Waals surface area contributed by atoms with Crippen molar-refractivity contribution in [3.63, 3.8) is 0 Å². The van der Waals surface area contributed by atoms with Gasteiger partial charge in [0.1, 0.15) is 10.6 Å². The van der Waals surface area contributed by atoms with Gasteiger partial charge < -0.3 is 4.90 Å². The monoisotopic (exact) mass is 296 g/mol. The molecule has 0 aliphatic carbocycles. The van der Waals surface area contributed by atoms with Crippen LogP contribution in [-0.4, -0.2) is 27.8 Å². The van der Waals surface area contributed by atoms with Crippen molar-refractivity contribution >= 4 is 23.2 Å². The number of likely N-dealkylation sites (tertiary alicyclic amines) is 1. The van der Waals surface area contributed by atoms with Crippen molar-refractivity contribution in [2.75, 3.05) is 0 Å². The maximum absolute atomic E-state index is 12.7. The van der Waals surface area contributed by atoms with E-state index in [1.54, 1.807) is 11.0 Å². The number of benzene rings is 1. The van der Waals surface area contributed by atoms with Crippen molar-refractivity contribution in [2.45, 2.75) is 45.2 Å². The van der Waals surface area contributed by atoms with Crippen molar-refractivity contribution in [1.82, 2.24) is 4.90 Å². The summed E-state index contributed by atoms with van der Waals surface area (Å²) in [5.41, 5.74) is -0.229. The first-order valence-corrected chi connectivity index (χ1v) is 7.07. The van der Waals surface area contributed by atoms with E-state index in [1.807, 2.05) is 13.8 Å². The number of halogens is 1. The number of rotatable bonds is 2. The number of hydrogen-bond donors (Lipinski definition) is 0. The molecule has 0 N–H and O–H groups in total. The molecule has 6 heteroatoms. The van der Waals surface area contributed by atoms with Gasteiger partial charge in [0.05, 0.1) is 4.92 Å². The second kappa shape index (κ2) is 5.79. The van der Waals surface area contributed by atoms with E-state index in [2.05, 4.69) is 0 Å². The molecule has 108 valence electrons. The molecule has 2 rings (SSSR count). The number of amides is 1. The Morgan fingerprint density at radius 1 is 1.35 bits per heavy atom. The number of para-hydroxylation sites is 1. The Kier molecular flexibility index (Phi) is 4.28. The minimum Gasteiger partial charge on any atom is -0.333 e. The topological polar surface area (TPSA) is 63.5 Å². The van der Waals surface area contributed by atoms with Crippen LogP contribution in [0.2, 0.25) is 5.02 Å². The largest absolute Gasteiger partial charge is 0.333 e. The van der Waals surface area contributed by atoms with Gasteiger partial charge in [-0.3, -0.25) is 14.9 Å². The average Bonchev–Trinajstić information content (AvgIpc) is 2.37. The minimum absolute atomic E-state index is 0.00170. The molecular weight excluding hydrogens is 280 g/mol. The van der Waals surface area contributed by atoms with Crippen molar-refractivity contribution in [1.29, 1.82) is 0 Å². The van der Waals surface area contributed by atoms with Gasteiger partial charge >= 0.3 is 5.69 Å². The molecular formula is C14H17ClN2O3. The number of nitro benzene ring substituents is 1. The highest BCUT2D eigenvalue weighted by Crippen LogP contribution is 2.32. The van der Waals surface area contributed by atoms with Crippen LogP contribution in [-0.2, 0) is 0 Å². The second-order valence-electron chi connectivity index (χ2n) is 5.23. The average molecular weight is 297 g/mol. The predicted molar refractivity (Wildman–Crippen MR) is 77.1 cm³/mol. The Morgan fingerprint density at radius 3 is 2.50 bits per heavy atom. The normalized spacial score (nSPS) is 22.6. The molecule has 5 nitrogen and oxygen atoms in total. The van der Waals surface area contributed by atoms with Crippen LogP contribution >= 0.6 is 11.6 Å². The van der Waals surface area contributed by atoms with Crippen LogP contribution in [0.5, 0.6) is 0 Å². The van der Waals surface area contributed by atoms with Gasteiger partial charge in [-0.15, -0.1) is 0 Å². The maximum Gasteiger partial charge on any atom is 0.300 e. The Hall–Kier alpha value is -1.62. The highest BCUT2D eigenvalue weighted by atomic mass is 35.5. The maximum atomic E-state index is 12.7. The number of nitro groups is 1. The SMILES string of the molecule is C[C@@H]1CCC[C@H](C)N1C(=O)c1cccc(Cl)c1[N+](=O)[O-]. The van der Waals surface area contributed by atoms with Crippen LogP contribution in [0.1, 0.15) is 43.5 Å². The minimum atomic E-state index is -0.588. The molecule has 1 aromatic carbocycles. The summed E-state index contributed by atoms with van der Waals surface area (Å²) in [6.45, 7) is 3.95. The zero-order valence-electron chi connectivity index (χ0n) is 11.5. The summed E-state index contributed by atoms with van der Waals surface area (Å²) in [7, 11) is 0. The Labute approximate surface area is 122 Å². The number of nitrogens with zero attached hydrogens (tertiary/aromatic N) is 2. The molecule has 0 saturated carbocycles. The number of carbonyl (C=O) groups excluding carboxylic acids is 1. The van der Waals surface area contributed by atoms with E-state index in [-0.39, 0.29) is 34.3 Å². The number of piperidine rings is 1. The molecule has 1 amide bonds. The Morgan fingerprint density at radius 2 is 1.95 bits per heavy atom. The van der Waals surface area contributed by atoms with Gasteiger partial charge in [0.2, 0.25) is 0 Å². The van der Waals surface area contributed by atoms with Gasteiger partial charge in [0.15, 0.2) is 0 Å². The summed E-state index contributed by atoms with van der Waals surface area (Å²) in [6, 6.07) is 4.65. The van der Waals surface area contributed by atoms with Gasteiger partial charge in [-0.05, 0) is 45.2 Å². The Balaban J connectivity index is 2.43. The predicted octanol–water partition coefficient (Wildman–Crippen LogP) is 3.65. The molecule has 0 unspecified atom stereocenters. The van der Waals surface area contributed by atoms with E-state index in [4.69, 9.17) is 11.6 Å². The number of carbonyl (C=O) groups is 1. The van der Waals surface area contributed by atoms with Crippen LogP contribution in [0.15, 0.2) is 18.2 Å². The molecule has 1 saturated heterocycles. The second-order valence-corrected chi connectivity index (χ2v) is 5.64. The Bertz CT molecular complexity index is 537.